The van der Waals surface area contributed by atoms with Gasteiger partial charge in [0.2, 0.25) is 0 Å². The minimum Gasteiger partial charge on any atom is -0.314 e. The molecule has 1 aliphatic heterocycles. The maximum absolute atomic E-state index is 13.1. The second kappa shape index (κ2) is 4.93. The van der Waals surface area contributed by atoms with Crippen molar-refractivity contribution < 1.29 is 4.39 Å². The SMILES string of the molecule is CC1CNCC(C)N1Cc1cccc(F)c1. The molecule has 1 heterocycles. The third kappa shape index (κ3) is 2.60. The Morgan fingerprint density at radius 1 is 1.31 bits per heavy atom. The molecule has 1 N–H and O–H groups in total. The predicted octanol–water partition coefficient (Wildman–Crippen LogP) is 2.01. The van der Waals surface area contributed by atoms with Crippen molar-refractivity contribution in [1.82, 2.24) is 10.2 Å². The summed E-state index contributed by atoms with van der Waals surface area (Å²) in [7, 11) is 0. The fraction of sp³-hybridized carbons (Fsp3) is 0.538. The van der Waals surface area contributed by atoms with E-state index in [0.29, 0.717) is 12.1 Å². The quantitative estimate of drug-likeness (QED) is 0.823. The first-order valence-electron chi connectivity index (χ1n) is 5.87. The molecule has 2 unspecified atom stereocenters. The van der Waals surface area contributed by atoms with Crippen molar-refractivity contribution >= 4 is 0 Å². The molecule has 0 bridgehead atoms. The Balaban J connectivity index is 2.07. The lowest BCUT2D eigenvalue weighted by atomic mass is 10.1. The van der Waals surface area contributed by atoms with Gasteiger partial charge in [-0.05, 0) is 31.5 Å². The van der Waals surface area contributed by atoms with Gasteiger partial charge in [0.15, 0.2) is 0 Å². The molecule has 0 saturated carbocycles. The lowest BCUT2D eigenvalue weighted by Gasteiger charge is -2.39. The zero-order chi connectivity index (χ0) is 11.5. The topological polar surface area (TPSA) is 15.3 Å². The summed E-state index contributed by atoms with van der Waals surface area (Å²) in [6, 6.07) is 7.90. The van der Waals surface area contributed by atoms with Crippen LogP contribution in [-0.4, -0.2) is 30.1 Å². The highest BCUT2D eigenvalue weighted by Crippen LogP contribution is 2.15. The standard InChI is InChI=1S/C13H19FN2/c1-10-7-15-8-11(2)16(10)9-12-4-3-5-13(14)6-12/h3-6,10-11,15H,7-9H2,1-2H3. The Hall–Kier alpha value is -0.930. The molecule has 0 aliphatic carbocycles. The smallest absolute Gasteiger partial charge is 0.123 e. The zero-order valence-corrected chi connectivity index (χ0v) is 9.91. The van der Waals surface area contributed by atoms with Crippen LogP contribution in [0.2, 0.25) is 0 Å². The summed E-state index contributed by atoms with van der Waals surface area (Å²) in [5.74, 6) is -0.145. The van der Waals surface area contributed by atoms with Gasteiger partial charge in [-0.15, -0.1) is 0 Å². The number of benzene rings is 1. The van der Waals surface area contributed by atoms with Crippen LogP contribution in [0.25, 0.3) is 0 Å². The molecular formula is C13H19FN2. The first kappa shape index (κ1) is 11.6. The number of nitrogens with one attached hydrogen (secondary N) is 1. The fourth-order valence-corrected chi connectivity index (χ4v) is 2.33. The lowest BCUT2D eigenvalue weighted by Crippen LogP contribution is -2.54. The van der Waals surface area contributed by atoms with Crippen LogP contribution in [-0.2, 0) is 6.54 Å². The number of piperazine rings is 1. The molecule has 88 valence electrons. The minimum atomic E-state index is -0.145. The summed E-state index contributed by atoms with van der Waals surface area (Å²) in [4.78, 5) is 2.42. The van der Waals surface area contributed by atoms with E-state index in [-0.39, 0.29) is 5.82 Å². The van der Waals surface area contributed by atoms with Crippen LogP contribution in [0.1, 0.15) is 19.4 Å². The summed E-state index contributed by atoms with van der Waals surface area (Å²) in [5, 5.41) is 3.40. The maximum atomic E-state index is 13.1. The first-order chi connectivity index (χ1) is 7.66. The molecule has 2 nitrogen and oxygen atoms in total. The van der Waals surface area contributed by atoms with Crippen molar-refractivity contribution in [3.8, 4) is 0 Å². The van der Waals surface area contributed by atoms with Crippen LogP contribution in [0.3, 0.4) is 0 Å². The molecule has 3 heteroatoms. The summed E-state index contributed by atoms with van der Waals surface area (Å²) < 4.78 is 13.1. The van der Waals surface area contributed by atoms with Crippen molar-refractivity contribution in [1.29, 1.82) is 0 Å². The van der Waals surface area contributed by atoms with E-state index in [1.54, 1.807) is 12.1 Å². The number of hydrogen-bond donors (Lipinski definition) is 1. The predicted molar refractivity (Wildman–Crippen MR) is 63.7 cm³/mol. The van der Waals surface area contributed by atoms with Gasteiger partial charge in [0.1, 0.15) is 5.82 Å². The molecule has 0 amide bonds. The molecule has 1 saturated heterocycles. The van der Waals surface area contributed by atoms with Crippen molar-refractivity contribution in [2.24, 2.45) is 0 Å². The van der Waals surface area contributed by atoms with Crippen LogP contribution in [0.4, 0.5) is 4.39 Å². The Labute approximate surface area is 96.5 Å². The average molecular weight is 222 g/mol. The monoisotopic (exact) mass is 222 g/mol. The average Bonchev–Trinajstić information content (AvgIpc) is 2.24. The van der Waals surface area contributed by atoms with Gasteiger partial charge in [-0.2, -0.15) is 0 Å². The van der Waals surface area contributed by atoms with Gasteiger partial charge in [0, 0.05) is 31.7 Å². The highest BCUT2D eigenvalue weighted by atomic mass is 19.1. The second-order valence-electron chi connectivity index (χ2n) is 4.66. The summed E-state index contributed by atoms with van der Waals surface area (Å²) in [6.45, 7) is 7.28. The van der Waals surface area contributed by atoms with Crippen LogP contribution in [0, 0.1) is 5.82 Å². The summed E-state index contributed by atoms with van der Waals surface area (Å²) >= 11 is 0. The molecule has 2 atom stereocenters. The number of hydrogen-bond acceptors (Lipinski definition) is 2. The molecule has 1 aromatic rings. The van der Waals surface area contributed by atoms with E-state index in [1.807, 2.05) is 6.07 Å². The van der Waals surface area contributed by atoms with E-state index in [2.05, 4.69) is 24.1 Å². The van der Waals surface area contributed by atoms with Crippen LogP contribution in [0.15, 0.2) is 24.3 Å². The first-order valence-corrected chi connectivity index (χ1v) is 5.87. The highest BCUT2D eigenvalue weighted by molar-refractivity contribution is 5.16. The summed E-state index contributed by atoms with van der Waals surface area (Å²) in [6.07, 6.45) is 0. The van der Waals surface area contributed by atoms with Crippen LogP contribution >= 0.6 is 0 Å². The van der Waals surface area contributed by atoms with Gasteiger partial charge in [0.05, 0.1) is 0 Å². The number of rotatable bonds is 2. The maximum Gasteiger partial charge on any atom is 0.123 e. The molecule has 0 spiro atoms. The molecule has 16 heavy (non-hydrogen) atoms. The Kier molecular flexibility index (Phi) is 3.56. The van der Waals surface area contributed by atoms with E-state index in [4.69, 9.17) is 0 Å². The van der Waals surface area contributed by atoms with E-state index in [1.165, 1.54) is 6.07 Å². The molecule has 1 aromatic carbocycles. The van der Waals surface area contributed by atoms with Gasteiger partial charge in [-0.25, -0.2) is 4.39 Å². The van der Waals surface area contributed by atoms with E-state index in [0.717, 1.165) is 25.2 Å². The van der Waals surface area contributed by atoms with Crippen molar-refractivity contribution in [2.45, 2.75) is 32.5 Å². The number of nitrogens with zero attached hydrogens (tertiary/aromatic N) is 1. The highest BCUT2D eigenvalue weighted by Gasteiger charge is 2.24. The van der Waals surface area contributed by atoms with Crippen molar-refractivity contribution in [2.75, 3.05) is 13.1 Å². The van der Waals surface area contributed by atoms with Crippen molar-refractivity contribution in [3.05, 3.63) is 35.6 Å². The Morgan fingerprint density at radius 2 is 2.00 bits per heavy atom. The third-order valence-electron chi connectivity index (χ3n) is 3.27. The fourth-order valence-electron chi connectivity index (χ4n) is 2.33. The molecule has 1 aliphatic rings. The van der Waals surface area contributed by atoms with E-state index < -0.39 is 0 Å². The van der Waals surface area contributed by atoms with Gasteiger partial charge >= 0.3 is 0 Å². The Bertz CT molecular complexity index is 344. The van der Waals surface area contributed by atoms with Gasteiger partial charge < -0.3 is 5.32 Å². The van der Waals surface area contributed by atoms with E-state index in [9.17, 15) is 4.39 Å². The van der Waals surface area contributed by atoms with Crippen LogP contribution in [0.5, 0.6) is 0 Å². The van der Waals surface area contributed by atoms with Crippen LogP contribution < -0.4 is 5.32 Å². The molecular weight excluding hydrogens is 203 g/mol. The van der Waals surface area contributed by atoms with Crippen molar-refractivity contribution in [3.63, 3.8) is 0 Å². The van der Waals surface area contributed by atoms with Gasteiger partial charge in [-0.1, -0.05) is 12.1 Å². The normalized spacial score (nSPS) is 26.9. The summed E-state index contributed by atoms with van der Waals surface area (Å²) in [5.41, 5.74) is 1.06. The zero-order valence-electron chi connectivity index (χ0n) is 9.91. The van der Waals surface area contributed by atoms with Gasteiger partial charge in [-0.3, -0.25) is 4.90 Å². The lowest BCUT2D eigenvalue weighted by molar-refractivity contribution is 0.108. The Morgan fingerprint density at radius 3 is 2.62 bits per heavy atom. The molecule has 0 aromatic heterocycles. The largest absolute Gasteiger partial charge is 0.314 e. The number of halogens is 1. The van der Waals surface area contributed by atoms with E-state index >= 15 is 0 Å². The molecule has 1 fully saturated rings. The molecule has 0 radical (unpaired) electrons. The minimum absolute atomic E-state index is 0.145. The molecule has 2 rings (SSSR count). The van der Waals surface area contributed by atoms with Gasteiger partial charge in [0.25, 0.3) is 0 Å². The second-order valence-corrected chi connectivity index (χ2v) is 4.66. The third-order valence-corrected chi connectivity index (χ3v) is 3.27.